The summed E-state index contributed by atoms with van der Waals surface area (Å²) in [6, 6.07) is 0. The molecule has 0 aliphatic carbocycles. The Morgan fingerprint density at radius 2 is 2.60 bits per heavy atom. The van der Waals surface area contributed by atoms with Gasteiger partial charge in [0.25, 0.3) is 0 Å². The van der Waals surface area contributed by atoms with Crippen molar-refractivity contribution in [3.63, 3.8) is 0 Å². The van der Waals surface area contributed by atoms with Crippen LogP contribution in [0, 0.1) is 10.1 Å². The zero-order chi connectivity index (χ0) is 7.56. The van der Waals surface area contributed by atoms with E-state index in [1.807, 2.05) is 0 Å². The first kappa shape index (κ1) is 6.40. The lowest BCUT2D eigenvalue weighted by atomic mass is 10.7. The molecule has 0 aliphatic heterocycles. The van der Waals surface area contributed by atoms with E-state index in [2.05, 4.69) is 16.9 Å². The van der Waals surface area contributed by atoms with Crippen LogP contribution in [-0.4, -0.2) is 19.9 Å². The number of rotatable bonds is 2. The maximum atomic E-state index is 10.1. The van der Waals surface area contributed by atoms with Crippen LogP contribution in [0.1, 0.15) is 0 Å². The molecule has 0 bridgehead atoms. The van der Waals surface area contributed by atoms with Crippen LogP contribution in [0.2, 0.25) is 0 Å². The molecule has 1 aromatic rings. The Balaban J connectivity index is 3.13. The first-order chi connectivity index (χ1) is 4.75. The van der Waals surface area contributed by atoms with Crippen LogP contribution in [0.3, 0.4) is 0 Å². The van der Waals surface area contributed by atoms with Crippen LogP contribution in [0.5, 0.6) is 0 Å². The Kier molecular flexibility index (Phi) is 1.44. The molecule has 0 saturated carbocycles. The van der Waals surface area contributed by atoms with Crippen LogP contribution in [0.25, 0.3) is 6.20 Å². The van der Waals surface area contributed by atoms with Crippen molar-refractivity contribution < 1.29 is 4.92 Å². The lowest BCUT2D eigenvalue weighted by molar-refractivity contribution is -0.391. The maximum absolute atomic E-state index is 10.1. The largest absolute Gasteiger partial charge is 0.369 e. The predicted octanol–water partition coefficient (Wildman–Crippen LogP) is 0.287. The molecule has 0 N–H and O–H groups in total. The van der Waals surface area contributed by atoms with Crippen LogP contribution in [-0.2, 0) is 0 Å². The summed E-state index contributed by atoms with van der Waals surface area (Å²) in [5.74, 6) is -0.185. The predicted molar refractivity (Wildman–Crippen MR) is 33.1 cm³/mol. The van der Waals surface area contributed by atoms with Crippen LogP contribution in [0.15, 0.2) is 12.8 Å². The van der Waals surface area contributed by atoms with E-state index in [4.69, 9.17) is 0 Å². The molecule has 0 fully saturated rings. The number of hydrogen-bond acceptors (Lipinski definition) is 4. The zero-order valence-corrected chi connectivity index (χ0v) is 4.97. The van der Waals surface area contributed by atoms with E-state index in [-0.39, 0.29) is 5.82 Å². The summed E-state index contributed by atoms with van der Waals surface area (Å²) >= 11 is 0. The van der Waals surface area contributed by atoms with Gasteiger partial charge < -0.3 is 10.1 Å². The molecule has 0 aliphatic rings. The summed E-state index contributed by atoms with van der Waals surface area (Å²) in [5, 5.41) is 16.8. The van der Waals surface area contributed by atoms with Crippen LogP contribution >= 0.6 is 0 Å². The monoisotopic (exact) mass is 140 g/mol. The van der Waals surface area contributed by atoms with E-state index >= 15 is 0 Å². The van der Waals surface area contributed by atoms with Crippen molar-refractivity contribution >= 4 is 12.0 Å². The number of aromatic nitrogens is 3. The van der Waals surface area contributed by atoms with Gasteiger partial charge in [0.15, 0.2) is 0 Å². The minimum Gasteiger partial charge on any atom is -0.358 e. The summed E-state index contributed by atoms with van der Waals surface area (Å²) in [4.78, 5) is 9.52. The first-order valence-corrected chi connectivity index (χ1v) is 2.43. The minimum absolute atomic E-state index is 0.185. The van der Waals surface area contributed by atoms with E-state index in [1.54, 1.807) is 0 Å². The van der Waals surface area contributed by atoms with Gasteiger partial charge >= 0.3 is 5.82 Å². The second-order valence-electron chi connectivity index (χ2n) is 1.48. The Hall–Kier alpha value is -1.72. The van der Waals surface area contributed by atoms with Crippen molar-refractivity contribution in [2.24, 2.45) is 0 Å². The SMILES string of the molecule is C=Cn1nncc1[N+](=O)[O-]. The summed E-state index contributed by atoms with van der Waals surface area (Å²) in [7, 11) is 0. The fourth-order valence-corrected chi connectivity index (χ4v) is 0.499. The van der Waals surface area contributed by atoms with Crippen molar-refractivity contribution in [2.75, 3.05) is 0 Å². The van der Waals surface area contributed by atoms with Gasteiger partial charge in [-0.15, -0.1) is 5.10 Å². The lowest BCUT2D eigenvalue weighted by Crippen LogP contribution is -1.96. The van der Waals surface area contributed by atoms with Gasteiger partial charge in [-0.3, -0.25) is 0 Å². The topological polar surface area (TPSA) is 73.8 Å². The van der Waals surface area contributed by atoms with Gasteiger partial charge in [-0.1, -0.05) is 11.3 Å². The van der Waals surface area contributed by atoms with Crippen LogP contribution in [0.4, 0.5) is 5.82 Å². The number of nitro groups is 1. The molecular weight excluding hydrogens is 136 g/mol. The Bertz CT molecular complexity index is 266. The zero-order valence-electron chi connectivity index (χ0n) is 4.97. The van der Waals surface area contributed by atoms with E-state index in [0.29, 0.717) is 0 Å². The first-order valence-electron chi connectivity index (χ1n) is 2.43. The van der Waals surface area contributed by atoms with E-state index in [0.717, 1.165) is 10.9 Å². The third-order valence-electron chi connectivity index (χ3n) is 0.916. The fourth-order valence-electron chi connectivity index (χ4n) is 0.499. The summed E-state index contributed by atoms with van der Waals surface area (Å²) in [6.07, 6.45) is 2.27. The van der Waals surface area contributed by atoms with Crippen molar-refractivity contribution in [1.82, 2.24) is 15.0 Å². The third-order valence-corrected chi connectivity index (χ3v) is 0.916. The molecule has 1 aromatic heterocycles. The molecular formula is C4H4N4O2. The van der Waals surface area contributed by atoms with Gasteiger partial charge in [0.1, 0.15) is 12.4 Å². The van der Waals surface area contributed by atoms with E-state index in [1.165, 1.54) is 6.20 Å². The molecule has 52 valence electrons. The minimum atomic E-state index is -0.582. The van der Waals surface area contributed by atoms with Crippen molar-refractivity contribution in [1.29, 1.82) is 0 Å². The van der Waals surface area contributed by atoms with Gasteiger partial charge in [-0.2, -0.15) is 0 Å². The number of nitrogens with zero attached hydrogens (tertiary/aromatic N) is 4. The highest BCUT2D eigenvalue weighted by atomic mass is 16.6. The third kappa shape index (κ3) is 0.859. The molecule has 0 unspecified atom stereocenters. The normalized spacial score (nSPS) is 9.20. The molecule has 10 heavy (non-hydrogen) atoms. The van der Waals surface area contributed by atoms with E-state index in [9.17, 15) is 10.1 Å². The van der Waals surface area contributed by atoms with Gasteiger partial charge in [0, 0.05) is 5.21 Å². The van der Waals surface area contributed by atoms with Crippen molar-refractivity contribution in [3.8, 4) is 0 Å². The summed E-state index contributed by atoms with van der Waals surface area (Å²) in [5.41, 5.74) is 0. The van der Waals surface area contributed by atoms with Crippen molar-refractivity contribution in [2.45, 2.75) is 0 Å². The van der Waals surface area contributed by atoms with E-state index < -0.39 is 4.92 Å². The van der Waals surface area contributed by atoms with Gasteiger partial charge in [-0.05, 0) is 4.92 Å². The highest BCUT2D eigenvalue weighted by molar-refractivity contribution is 5.26. The molecule has 0 aromatic carbocycles. The quantitative estimate of drug-likeness (QED) is 0.437. The summed E-state index contributed by atoms with van der Waals surface area (Å²) in [6.45, 7) is 3.30. The fraction of sp³-hybridized carbons (Fsp3) is 0. The molecule has 1 rings (SSSR count). The molecule has 0 amide bonds. The van der Waals surface area contributed by atoms with Gasteiger partial charge in [0.2, 0.25) is 0 Å². The Labute approximate surface area is 55.9 Å². The highest BCUT2D eigenvalue weighted by Crippen LogP contribution is 2.05. The standard InChI is InChI=1S/C4H4N4O2/c1-2-7-4(8(9)10)3-5-6-7/h2-3H,1H2. The molecule has 6 nitrogen and oxygen atoms in total. The molecule has 0 spiro atoms. The molecule has 0 saturated heterocycles. The van der Waals surface area contributed by atoms with Gasteiger partial charge in [0.05, 0.1) is 0 Å². The molecule has 6 heteroatoms. The van der Waals surface area contributed by atoms with Crippen molar-refractivity contribution in [3.05, 3.63) is 22.9 Å². The average molecular weight is 140 g/mol. The van der Waals surface area contributed by atoms with Gasteiger partial charge in [-0.25, -0.2) is 0 Å². The van der Waals surface area contributed by atoms with Crippen LogP contribution < -0.4 is 0 Å². The number of hydrogen-bond donors (Lipinski definition) is 0. The Morgan fingerprint density at radius 3 is 3.00 bits per heavy atom. The molecule has 0 radical (unpaired) electrons. The highest BCUT2D eigenvalue weighted by Gasteiger charge is 2.10. The maximum Gasteiger partial charge on any atom is 0.369 e. The summed E-state index contributed by atoms with van der Waals surface area (Å²) < 4.78 is 0.986. The Morgan fingerprint density at radius 1 is 1.90 bits per heavy atom. The average Bonchev–Trinajstić information content (AvgIpc) is 2.33. The second kappa shape index (κ2) is 2.26. The lowest BCUT2D eigenvalue weighted by Gasteiger charge is -1.88. The smallest absolute Gasteiger partial charge is 0.358 e. The molecule has 0 atom stereocenters. The molecule has 1 heterocycles. The second-order valence-corrected chi connectivity index (χ2v) is 1.48.